The van der Waals surface area contributed by atoms with Crippen LogP contribution in [0.15, 0.2) is 0 Å². The molecule has 0 aromatic heterocycles. The average molecular weight is 277 g/mol. The van der Waals surface area contributed by atoms with Crippen LogP contribution < -0.4 is 10.5 Å². The van der Waals surface area contributed by atoms with E-state index in [9.17, 15) is 8.42 Å². The molecule has 1 aliphatic rings. The zero-order valence-corrected chi connectivity index (χ0v) is 12.5. The van der Waals surface area contributed by atoms with E-state index in [1.165, 1.54) is 0 Å². The van der Waals surface area contributed by atoms with Crippen molar-refractivity contribution in [2.45, 2.75) is 58.5 Å². The van der Waals surface area contributed by atoms with Gasteiger partial charge in [-0.05, 0) is 38.6 Å². The third-order valence-corrected chi connectivity index (χ3v) is 5.39. The molecule has 1 heterocycles. The summed E-state index contributed by atoms with van der Waals surface area (Å²) in [5.41, 5.74) is 5.54. The molecule has 1 saturated heterocycles. The number of hydrogen-bond donors (Lipinski definition) is 2. The molecule has 0 aromatic carbocycles. The van der Waals surface area contributed by atoms with Crippen molar-refractivity contribution in [2.24, 2.45) is 11.7 Å². The lowest BCUT2D eigenvalue weighted by atomic mass is 10.0. The van der Waals surface area contributed by atoms with Gasteiger partial charge >= 0.3 is 0 Å². The van der Waals surface area contributed by atoms with Crippen LogP contribution in [0.4, 0.5) is 0 Å². The van der Waals surface area contributed by atoms with Gasteiger partial charge in [0.05, 0.1) is 0 Å². The highest BCUT2D eigenvalue weighted by atomic mass is 32.2. The fourth-order valence-electron chi connectivity index (χ4n) is 2.40. The van der Waals surface area contributed by atoms with Crippen molar-refractivity contribution in [3.05, 3.63) is 0 Å². The second-order valence-corrected chi connectivity index (χ2v) is 7.16. The van der Waals surface area contributed by atoms with Crippen LogP contribution in [0.2, 0.25) is 0 Å². The quantitative estimate of drug-likeness (QED) is 0.762. The molecule has 1 aliphatic heterocycles. The lowest BCUT2D eigenvalue weighted by molar-refractivity contribution is 0.261. The van der Waals surface area contributed by atoms with Gasteiger partial charge in [-0.25, -0.2) is 0 Å². The van der Waals surface area contributed by atoms with Crippen molar-refractivity contribution < 1.29 is 8.42 Å². The fourth-order valence-corrected chi connectivity index (χ4v) is 4.25. The molecule has 2 atom stereocenters. The molecule has 0 spiro atoms. The lowest BCUT2D eigenvalue weighted by Crippen LogP contribution is -2.52. The third kappa shape index (κ3) is 4.19. The van der Waals surface area contributed by atoms with Crippen LogP contribution in [0.3, 0.4) is 0 Å². The minimum atomic E-state index is -3.37. The maximum atomic E-state index is 12.4. The van der Waals surface area contributed by atoms with Gasteiger partial charge in [0.15, 0.2) is 0 Å². The molecule has 0 amide bonds. The fraction of sp³-hybridized carbons (Fsp3) is 1.00. The Hall–Kier alpha value is -0.170. The van der Waals surface area contributed by atoms with E-state index < -0.39 is 10.2 Å². The molecule has 0 radical (unpaired) electrons. The molecule has 0 bridgehead atoms. The van der Waals surface area contributed by atoms with E-state index >= 15 is 0 Å². The summed E-state index contributed by atoms with van der Waals surface area (Å²) in [5.74, 6) is 0.253. The summed E-state index contributed by atoms with van der Waals surface area (Å²) in [6.45, 7) is 7.14. The maximum Gasteiger partial charge on any atom is 0.279 e. The third-order valence-electron chi connectivity index (χ3n) is 3.63. The highest BCUT2D eigenvalue weighted by Crippen LogP contribution is 2.20. The van der Waals surface area contributed by atoms with Gasteiger partial charge in [-0.2, -0.15) is 17.4 Å². The first kappa shape index (κ1) is 15.9. The lowest BCUT2D eigenvalue weighted by Gasteiger charge is -2.34. The molecule has 0 saturated carbocycles. The second-order valence-electron chi connectivity index (χ2n) is 5.51. The Morgan fingerprint density at radius 2 is 2.06 bits per heavy atom. The van der Waals surface area contributed by atoms with Crippen LogP contribution in [0.25, 0.3) is 0 Å². The minimum absolute atomic E-state index is 0.0749. The first-order chi connectivity index (χ1) is 8.38. The maximum absolute atomic E-state index is 12.4. The molecular formula is C12H27N3O2S. The summed E-state index contributed by atoms with van der Waals surface area (Å²) >= 11 is 0. The van der Waals surface area contributed by atoms with E-state index in [1.807, 2.05) is 20.8 Å². The molecule has 0 aromatic rings. The molecule has 1 rings (SSSR count). The van der Waals surface area contributed by atoms with E-state index in [0.717, 1.165) is 19.3 Å². The molecule has 18 heavy (non-hydrogen) atoms. The smallest absolute Gasteiger partial charge is 0.279 e. The highest BCUT2D eigenvalue weighted by molar-refractivity contribution is 7.87. The normalized spacial score (nSPS) is 24.4. The van der Waals surface area contributed by atoms with Crippen molar-refractivity contribution in [3.8, 4) is 0 Å². The SMILES string of the molecule is CC(C)C(CCN)NS(=O)(=O)N1CCCCC1C. The summed E-state index contributed by atoms with van der Waals surface area (Å²) in [5, 5.41) is 0. The van der Waals surface area contributed by atoms with Gasteiger partial charge in [-0.1, -0.05) is 20.3 Å². The first-order valence-corrected chi connectivity index (χ1v) is 8.31. The number of nitrogens with two attached hydrogens (primary N) is 1. The Morgan fingerprint density at radius 3 is 2.56 bits per heavy atom. The van der Waals surface area contributed by atoms with Gasteiger partial charge in [0, 0.05) is 18.6 Å². The summed E-state index contributed by atoms with van der Waals surface area (Å²) in [7, 11) is -3.37. The topological polar surface area (TPSA) is 75.4 Å². The number of nitrogens with zero attached hydrogens (tertiary/aromatic N) is 1. The summed E-state index contributed by atoms with van der Waals surface area (Å²) < 4.78 is 29.1. The molecule has 6 heteroatoms. The van der Waals surface area contributed by atoms with Crippen LogP contribution in [0.1, 0.15) is 46.5 Å². The van der Waals surface area contributed by atoms with Crippen molar-refractivity contribution in [1.29, 1.82) is 0 Å². The van der Waals surface area contributed by atoms with Gasteiger partial charge in [-0.3, -0.25) is 0 Å². The monoisotopic (exact) mass is 277 g/mol. The molecular weight excluding hydrogens is 250 g/mol. The number of hydrogen-bond acceptors (Lipinski definition) is 3. The molecule has 0 aliphatic carbocycles. The molecule has 1 fully saturated rings. The van der Waals surface area contributed by atoms with Crippen molar-refractivity contribution >= 4 is 10.2 Å². The van der Waals surface area contributed by atoms with E-state index in [4.69, 9.17) is 5.73 Å². The molecule has 108 valence electrons. The molecule has 3 N–H and O–H groups in total. The Balaban J connectivity index is 2.72. The van der Waals surface area contributed by atoms with Gasteiger partial charge < -0.3 is 5.73 Å². The van der Waals surface area contributed by atoms with Crippen molar-refractivity contribution in [1.82, 2.24) is 9.03 Å². The second kappa shape index (κ2) is 6.84. The van der Waals surface area contributed by atoms with Gasteiger partial charge in [0.2, 0.25) is 0 Å². The first-order valence-electron chi connectivity index (χ1n) is 6.87. The predicted octanol–water partition coefficient (Wildman–Crippen LogP) is 1.07. The number of rotatable bonds is 6. The largest absolute Gasteiger partial charge is 0.330 e. The Bertz CT molecular complexity index is 343. The Morgan fingerprint density at radius 1 is 1.39 bits per heavy atom. The summed E-state index contributed by atoms with van der Waals surface area (Å²) in [6, 6.07) is 0.0241. The zero-order chi connectivity index (χ0) is 13.8. The van der Waals surface area contributed by atoms with Crippen LogP contribution in [-0.4, -0.2) is 37.9 Å². The Kier molecular flexibility index (Phi) is 6.04. The minimum Gasteiger partial charge on any atom is -0.330 e. The molecule has 2 unspecified atom stereocenters. The zero-order valence-electron chi connectivity index (χ0n) is 11.7. The predicted molar refractivity (Wildman–Crippen MR) is 74.4 cm³/mol. The molecule has 5 nitrogen and oxygen atoms in total. The van der Waals surface area contributed by atoms with E-state index in [1.54, 1.807) is 4.31 Å². The summed E-state index contributed by atoms with van der Waals surface area (Å²) in [6.07, 6.45) is 3.70. The Labute approximate surface area is 111 Å². The van der Waals surface area contributed by atoms with E-state index in [2.05, 4.69) is 4.72 Å². The van der Waals surface area contributed by atoms with Crippen molar-refractivity contribution in [3.63, 3.8) is 0 Å². The van der Waals surface area contributed by atoms with Crippen molar-refractivity contribution in [2.75, 3.05) is 13.1 Å². The van der Waals surface area contributed by atoms with Crippen LogP contribution in [-0.2, 0) is 10.2 Å². The number of piperidine rings is 1. The van der Waals surface area contributed by atoms with Crippen LogP contribution in [0.5, 0.6) is 0 Å². The summed E-state index contributed by atoms with van der Waals surface area (Å²) in [4.78, 5) is 0. The van der Waals surface area contributed by atoms with Gasteiger partial charge in [0.1, 0.15) is 0 Å². The average Bonchev–Trinajstić information content (AvgIpc) is 2.28. The van der Waals surface area contributed by atoms with Crippen LogP contribution >= 0.6 is 0 Å². The van der Waals surface area contributed by atoms with E-state index in [0.29, 0.717) is 19.5 Å². The standard InChI is InChI=1S/C12H27N3O2S/c1-10(2)12(7-8-13)14-18(16,17)15-9-5-4-6-11(15)3/h10-12,14H,4-9,13H2,1-3H3. The van der Waals surface area contributed by atoms with Gasteiger partial charge in [-0.15, -0.1) is 0 Å². The number of nitrogens with one attached hydrogen (secondary N) is 1. The van der Waals surface area contributed by atoms with E-state index in [-0.39, 0.29) is 18.0 Å². The van der Waals surface area contributed by atoms with Gasteiger partial charge in [0.25, 0.3) is 10.2 Å². The highest BCUT2D eigenvalue weighted by Gasteiger charge is 2.31. The van der Waals surface area contributed by atoms with Crippen LogP contribution in [0, 0.1) is 5.92 Å².